The van der Waals surface area contributed by atoms with E-state index in [4.69, 9.17) is 5.73 Å². The zero-order valence-corrected chi connectivity index (χ0v) is 12.3. The summed E-state index contributed by atoms with van der Waals surface area (Å²) < 4.78 is 0. The molecule has 0 bridgehead atoms. The van der Waals surface area contributed by atoms with Crippen molar-refractivity contribution in [3.05, 3.63) is 71.8 Å². The zero-order chi connectivity index (χ0) is 15.1. The summed E-state index contributed by atoms with van der Waals surface area (Å²) in [4.78, 5) is 12.0. The maximum Gasteiger partial charge on any atom is 0.221 e. The van der Waals surface area contributed by atoms with Gasteiger partial charge in [0.05, 0.1) is 0 Å². The van der Waals surface area contributed by atoms with Crippen LogP contribution in [0, 0.1) is 0 Å². The number of amides is 1. The van der Waals surface area contributed by atoms with E-state index in [1.807, 2.05) is 48.5 Å². The molecule has 2 aromatic carbocycles. The second-order valence-electron chi connectivity index (χ2n) is 5.34. The van der Waals surface area contributed by atoms with Crippen LogP contribution in [-0.4, -0.2) is 12.5 Å². The minimum atomic E-state index is -0.252. The molecule has 1 amide bonds. The first kappa shape index (κ1) is 15.3. The molecule has 110 valence electrons. The van der Waals surface area contributed by atoms with Gasteiger partial charge >= 0.3 is 0 Å². The number of benzene rings is 2. The Labute approximate surface area is 126 Å². The molecular formula is C18H22N2O. The number of carbonyl (C=O) groups is 1. The van der Waals surface area contributed by atoms with Crippen molar-refractivity contribution in [2.45, 2.75) is 25.3 Å². The van der Waals surface area contributed by atoms with Crippen LogP contribution in [0.2, 0.25) is 0 Å². The van der Waals surface area contributed by atoms with Gasteiger partial charge < -0.3 is 11.1 Å². The molecule has 0 fully saturated rings. The van der Waals surface area contributed by atoms with Crippen LogP contribution < -0.4 is 11.1 Å². The highest BCUT2D eigenvalue weighted by atomic mass is 16.1. The molecule has 2 atom stereocenters. The van der Waals surface area contributed by atoms with E-state index in [0.29, 0.717) is 18.9 Å². The molecule has 3 heteroatoms. The smallest absolute Gasteiger partial charge is 0.221 e. The summed E-state index contributed by atoms with van der Waals surface area (Å²) in [6.45, 7) is 2.73. The van der Waals surface area contributed by atoms with Gasteiger partial charge in [-0.3, -0.25) is 4.79 Å². The van der Waals surface area contributed by atoms with Gasteiger partial charge in [-0.15, -0.1) is 0 Å². The number of rotatable bonds is 6. The Morgan fingerprint density at radius 2 is 1.52 bits per heavy atom. The predicted molar refractivity (Wildman–Crippen MR) is 85.9 cm³/mol. The first-order chi connectivity index (χ1) is 10.2. The van der Waals surface area contributed by atoms with E-state index in [0.717, 1.165) is 5.56 Å². The van der Waals surface area contributed by atoms with Crippen LogP contribution in [-0.2, 0) is 4.79 Å². The summed E-state index contributed by atoms with van der Waals surface area (Å²) in [6, 6.07) is 19.6. The summed E-state index contributed by atoms with van der Waals surface area (Å²) in [6.07, 6.45) is 0.311. The van der Waals surface area contributed by atoms with Gasteiger partial charge in [0, 0.05) is 19.0 Å². The third-order valence-electron chi connectivity index (χ3n) is 3.61. The van der Waals surface area contributed by atoms with Gasteiger partial charge in [-0.1, -0.05) is 67.6 Å². The van der Waals surface area contributed by atoms with E-state index in [1.165, 1.54) is 5.56 Å². The van der Waals surface area contributed by atoms with E-state index < -0.39 is 0 Å². The minimum Gasteiger partial charge on any atom is -0.355 e. The number of nitrogens with two attached hydrogens (primary N) is 1. The first-order valence-electron chi connectivity index (χ1n) is 7.29. The van der Waals surface area contributed by atoms with Crippen molar-refractivity contribution in [3.8, 4) is 0 Å². The molecule has 2 aromatic rings. The highest BCUT2D eigenvalue weighted by Gasteiger charge is 2.12. The molecule has 0 spiro atoms. The summed E-state index contributed by atoms with van der Waals surface area (Å²) in [5, 5.41) is 2.96. The van der Waals surface area contributed by atoms with Crippen LogP contribution >= 0.6 is 0 Å². The van der Waals surface area contributed by atoms with Gasteiger partial charge in [0.15, 0.2) is 0 Å². The molecule has 0 aliphatic carbocycles. The average Bonchev–Trinajstić information content (AvgIpc) is 2.54. The van der Waals surface area contributed by atoms with Crippen molar-refractivity contribution in [2.75, 3.05) is 6.54 Å². The van der Waals surface area contributed by atoms with Crippen molar-refractivity contribution in [2.24, 2.45) is 5.73 Å². The van der Waals surface area contributed by atoms with Crippen molar-refractivity contribution in [1.29, 1.82) is 0 Å². The number of carbonyl (C=O) groups excluding carboxylic acids is 1. The van der Waals surface area contributed by atoms with Gasteiger partial charge in [-0.25, -0.2) is 0 Å². The van der Waals surface area contributed by atoms with E-state index >= 15 is 0 Å². The van der Waals surface area contributed by atoms with E-state index in [1.54, 1.807) is 0 Å². The number of nitrogens with one attached hydrogen (secondary N) is 1. The standard InChI is InChI=1S/C18H22N2O/c1-14(15-8-4-2-5-9-15)13-20-18(21)12-17(19)16-10-6-3-7-11-16/h2-11,14,17H,12-13,19H2,1H3,(H,20,21). The molecule has 2 unspecified atom stereocenters. The molecule has 0 saturated carbocycles. The Bertz CT molecular complexity index is 554. The highest BCUT2D eigenvalue weighted by molar-refractivity contribution is 5.76. The SMILES string of the molecule is CC(CNC(=O)CC(N)c1ccccc1)c1ccccc1. The van der Waals surface area contributed by atoms with E-state index in [-0.39, 0.29) is 11.9 Å². The van der Waals surface area contributed by atoms with Gasteiger partial charge in [0.1, 0.15) is 0 Å². The monoisotopic (exact) mass is 282 g/mol. The lowest BCUT2D eigenvalue weighted by Gasteiger charge is -2.15. The average molecular weight is 282 g/mol. The molecule has 0 aliphatic heterocycles. The summed E-state index contributed by atoms with van der Waals surface area (Å²) >= 11 is 0. The van der Waals surface area contributed by atoms with Crippen molar-refractivity contribution < 1.29 is 4.79 Å². The molecule has 21 heavy (non-hydrogen) atoms. The van der Waals surface area contributed by atoms with Gasteiger partial charge in [-0.05, 0) is 17.0 Å². The van der Waals surface area contributed by atoms with Crippen molar-refractivity contribution in [1.82, 2.24) is 5.32 Å². The van der Waals surface area contributed by atoms with Gasteiger partial charge in [0.2, 0.25) is 5.91 Å². The molecule has 0 radical (unpaired) electrons. The van der Waals surface area contributed by atoms with Crippen LogP contribution in [0.3, 0.4) is 0 Å². The lowest BCUT2D eigenvalue weighted by atomic mass is 10.0. The first-order valence-corrected chi connectivity index (χ1v) is 7.29. The Balaban J connectivity index is 1.80. The summed E-state index contributed by atoms with van der Waals surface area (Å²) in [5.74, 6) is 0.289. The van der Waals surface area contributed by atoms with Crippen LogP contribution in [0.5, 0.6) is 0 Å². The molecular weight excluding hydrogens is 260 g/mol. The van der Waals surface area contributed by atoms with E-state index in [9.17, 15) is 4.79 Å². The predicted octanol–water partition coefficient (Wildman–Crippen LogP) is 3.00. The fourth-order valence-electron chi connectivity index (χ4n) is 2.26. The maximum absolute atomic E-state index is 12.0. The normalized spacial score (nSPS) is 13.4. The third-order valence-corrected chi connectivity index (χ3v) is 3.61. The second kappa shape index (κ2) is 7.60. The largest absolute Gasteiger partial charge is 0.355 e. The van der Waals surface area contributed by atoms with Crippen LogP contribution in [0.15, 0.2) is 60.7 Å². The minimum absolute atomic E-state index is 0.00543. The van der Waals surface area contributed by atoms with E-state index in [2.05, 4.69) is 24.4 Å². The third kappa shape index (κ3) is 4.72. The lowest BCUT2D eigenvalue weighted by Crippen LogP contribution is -2.30. The second-order valence-corrected chi connectivity index (χ2v) is 5.34. The Hall–Kier alpha value is -2.13. The molecule has 0 heterocycles. The molecule has 3 nitrogen and oxygen atoms in total. The molecule has 0 aliphatic rings. The fourth-order valence-corrected chi connectivity index (χ4v) is 2.26. The fraction of sp³-hybridized carbons (Fsp3) is 0.278. The van der Waals surface area contributed by atoms with Crippen LogP contribution in [0.1, 0.15) is 36.4 Å². The van der Waals surface area contributed by atoms with Crippen molar-refractivity contribution >= 4 is 5.91 Å². The zero-order valence-electron chi connectivity index (χ0n) is 12.3. The number of hydrogen-bond acceptors (Lipinski definition) is 2. The molecule has 3 N–H and O–H groups in total. The molecule has 0 aromatic heterocycles. The van der Waals surface area contributed by atoms with Crippen LogP contribution in [0.25, 0.3) is 0 Å². The Kier molecular flexibility index (Phi) is 5.52. The molecule has 2 rings (SSSR count). The van der Waals surface area contributed by atoms with Gasteiger partial charge in [0.25, 0.3) is 0 Å². The summed E-state index contributed by atoms with van der Waals surface area (Å²) in [7, 11) is 0. The highest BCUT2D eigenvalue weighted by Crippen LogP contribution is 2.15. The number of hydrogen-bond donors (Lipinski definition) is 2. The lowest BCUT2D eigenvalue weighted by molar-refractivity contribution is -0.121. The molecule has 0 saturated heterocycles. The topological polar surface area (TPSA) is 55.1 Å². The van der Waals surface area contributed by atoms with Crippen LogP contribution in [0.4, 0.5) is 0 Å². The quantitative estimate of drug-likeness (QED) is 0.855. The maximum atomic E-state index is 12.0. The van der Waals surface area contributed by atoms with Gasteiger partial charge in [-0.2, -0.15) is 0 Å². The van der Waals surface area contributed by atoms with Crippen molar-refractivity contribution in [3.63, 3.8) is 0 Å². The Morgan fingerprint density at radius 1 is 1.00 bits per heavy atom. The summed E-state index contributed by atoms with van der Waals surface area (Å²) in [5.41, 5.74) is 8.27. The Morgan fingerprint density at radius 3 is 2.10 bits per heavy atom.